The van der Waals surface area contributed by atoms with Gasteiger partial charge in [0.2, 0.25) is 0 Å². The average Bonchev–Trinajstić information content (AvgIpc) is 3.11. The van der Waals surface area contributed by atoms with Gasteiger partial charge in [0.05, 0.1) is 13.0 Å². The first kappa shape index (κ1) is 18.1. The van der Waals surface area contributed by atoms with Crippen molar-refractivity contribution >= 4 is 17.6 Å². The minimum absolute atomic E-state index is 0.0762. The summed E-state index contributed by atoms with van der Waals surface area (Å²) >= 11 is 0. The standard InChI is InChI=1S/C19H24N4O3/c24-18(25)9-13-23-17(8-10-20-23)19(26)21-16-6-4-15(5-7-16)14-22-11-2-1-3-12-22/h4-8,10H,1-3,9,11-14H2,(H,21,26)(H,24,25). The van der Waals surface area contributed by atoms with Gasteiger partial charge in [0.15, 0.2) is 0 Å². The van der Waals surface area contributed by atoms with Crippen LogP contribution in [0.4, 0.5) is 5.69 Å². The molecule has 0 unspecified atom stereocenters. The molecule has 1 aliphatic rings. The van der Waals surface area contributed by atoms with Gasteiger partial charge in [-0.1, -0.05) is 18.6 Å². The molecule has 1 fully saturated rings. The maximum Gasteiger partial charge on any atom is 0.305 e. The zero-order valence-electron chi connectivity index (χ0n) is 14.7. The number of anilines is 1. The van der Waals surface area contributed by atoms with E-state index in [2.05, 4.69) is 15.3 Å². The molecule has 7 nitrogen and oxygen atoms in total. The second kappa shape index (κ2) is 8.62. The van der Waals surface area contributed by atoms with Crippen LogP contribution >= 0.6 is 0 Å². The number of likely N-dealkylation sites (tertiary alicyclic amines) is 1. The van der Waals surface area contributed by atoms with Gasteiger partial charge in [0.25, 0.3) is 5.91 Å². The Morgan fingerprint density at radius 2 is 1.81 bits per heavy atom. The molecule has 2 N–H and O–H groups in total. The molecule has 1 aromatic heterocycles. The molecule has 0 spiro atoms. The van der Waals surface area contributed by atoms with E-state index >= 15 is 0 Å². The highest BCUT2D eigenvalue weighted by Crippen LogP contribution is 2.16. The van der Waals surface area contributed by atoms with E-state index in [1.807, 2.05) is 24.3 Å². The predicted molar refractivity (Wildman–Crippen MR) is 98.0 cm³/mol. The molecule has 0 atom stereocenters. The van der Waals surface area contributed by atoms with Crippen molar-refractivity contribution in [2.45, 2.75) is 38.8 Å². The Kier molecular flexibility index (Phi) is 6.01. The molecule has 1 amide bonds. The van der Waals surface area contributed by atoms with Crippen LogP contribution in [0.1, 0.15) is 41.7 Å². The van der Waals surface area contributed by atoms with Gasteiger partial charge in [0.1, 0.15) is 5.69 Å². The van der Waals surface area contributed by atoms with Crippen molar-refractivity contribution in [3.05, 3.63) is 47.8 Å². The monoisotopic (exact) mass is 356 g/mol. The molecule has 3 rings (SSSR count). The highest BCUT2D eigenvalue weighted by molar-refractivity contribution is 6.03. The number of piperidine rings is 1. The average molecular weight is 356 g/mol. The maximum absolute atomic E-state index is 12.4. The van der Waals surface area contributed by atoms with E-state index in [0.29, 0.717) is 11.4 Å². The normalized spacial score (nSPS) is 14.9. The summed E-state index contributed by atoms with van der Waals surface area (Å²) in [5, 5.41) is 15.6. The first-order chi connectivity index (χ1) is 12.6. The van der Waals surface area contributed by atoms with Gasteiger partial charge in [-0.3, -0.25) is 19.2 Å². The van der Waals surface area contributed by atoms with Gasteiger partial charge in [-0.05, 0) is 49.7 Å². The van der Waals surface area contributed by atoms with Gasteiger partial charge >= 0.3 is 5.97 Å². The summed E-state index contributed by atoms with van der Waals surface area (Å²) in [6.45, 7) is 3.41. The Labute approximate surface area is 152 Å². The van der Waals surface area contributed by atoms with Crippen LogP contribution in [0.15, 0.2) is 36.5 Å². The summed E-state index contributed by atoms with van der Waals surface area (Å²) in [4.78, 5) is 25.6. The Morgan fingerprint density at radius 1 is 1.08 bits per heavy atom. The summed E-state index contributed by atoms with van der Waals surface area (Å²) in [7, 11) is 0. The predicted octanol–water partition coefficient (Wildman–Crippen LogP) is 2.60. The third-order valence-corrected chi connectivity index (χ3v) is 4.55. The third-order valence-electron chi connectivity index (χ3n) is 4.55. The Bertz CT molecular complexity index is 748. The van der Waals surface area contributed by atoms with Crippen molar-refractivity contribution in [1.82, 2.24) is 14.7 Å². The van der Waals surface area contributed by atoms with Crippen LogP contribution in [0.5, 0.6) is 0 Å². The Hall–Kier alpha value is -2.67. The van der Waals surface area contributed by atoms with E-state index in [1.54, 1.807) is 6.07 Å². The van der Waals surface area contributed by atoms with Crippen LogP contribution < -0.4 is 5.32 Å². The summed E-state index contributed by atoms with van der Waals surface area (Å²) in [6, 6.07) is 9.45. The van der Waals surface area contributed by atoms with Crippen molar-refractivity contribution in [2.24, 2.45) is 0 Å². The van der Waals surface area contributed by atoms with Crippen LogP contribution in [-0.2, 0) is 17.9 Å². The number of carboxylic acid groups (broad SMARTS) is 1. The van der Waals surface area contributed by atoms with Gasteiger partial charge in [-0.25, -0.2) is 0 Å². The molecule has 2 heterocycles. The number of hydrogen-bond acceptors (Lipinski definition) is 4. The first-order valence-corrected chi connectivity index (χ1v) is 8.98. The van der Waals surface area contributed by atoms with Crippen molar-refractivity contribution in [2.75, 3.05) is 18.4 Å². The summed E-state index contributed by atoms with van der Waals surface area (Å²) in [6.07, 6.45) is 5.28. The molecular weight excluding hydrogens is 332 g/mol. The number of carbonyl (C=O) groups excluding carboxylic acids is 1. The van der Waals surface area contributed by atoms with E-state index in [9.17, 15) is 9.59 Å². The van der Waals surface area contributed by atoms with Crippen LogP contribution in [0.2, 0.25) is 0 Å². The number of carbonyl (C=O) groups is 2. The molecular formula is C19H24N4O3. The molecule has 2 aromatic rings. The van der Waals surface area contributed by atoms with Crippen molar-refractivity contribution in [3.63, 3.8) is 0 Å². The largest absolute Gasteiger partial charge is 0.481 e. The highest BCUT2D eigenvalue weighted by atomic mass is 16.4. The number of aryl methyl sites for hydroxylation is 1. The van der Waals surface area contributed by atoms with Gasteiger partial charge in [0, 0.05) is 18.4 Å². The van der Waals surface area contributed by atoms with Crippen molar-refractivity contribution in [3.8, 4) is 0 Å². The lowest BCUT2D eigenvalue weighted by atomic mass is 10.1. The summed E-state index contributed by atoms with van der Waals surface area (Å²) in [5.74, 6) is -1.21. The fraction of sp³-hybridized carbons (Fsp3) is 0.421. The zero-order chi connectivity index (χ0) is 18.4. The molecule has 7 heteroatoms. The van der Waals surface area contributed by atoms with E-state index in [4.69, 9.17) is 5.11 Å². The van der Waals surface area contributed by atoms with Gasteiger partial charge in [-0.15, -0.1) is 0 Å². The molecule has 1 aliphatic heterocycles. The smallest absolute Gasteiger partial charge is 0.305 e. The minimum atomic E-state index is -0.920. The molecule has 26 heavy (non-hydrogen) atoms. The number of aromatic nitrogens is 2. The molecule has 0 bridgehead atoms. The fourth-order valence-electron chi connectivity index (χ4n) is 3.17. The second-order valence-electron chi connectivity index (χ2n) is 6.57. The quantitative estimate of drug-likeness (QED) is 0.796. The zero-order valence-corrected chi connectivity index (χ0v) is 14.7. The number of benzene rings is 1. The minimum Gasteiger partial charge on any atom is -0.481 e. The van der Waals surface area contributed by atoms with Crippen LogP contribution in [-0.4, -0.2) is 44.8 Å². The van der Waals surface area contributed by atoms with Crippen LogP contribution in [0.25, 0.3) is 0 Å². The lowest BCUT2D eigenvalue weighted by molar-refractivity contribution is -0.137. The topological polar surface area (TPSA) is 87.5 Å². The van der Waals surface area contributed by atoms with Crippen LogP contribution in [0.3, 0.4) is 0 Å². The Morgan fingerprint density at radius 3 is 2.50 bits per heavy atom. The summed E-state index contributed by atoms with van der Waals surface area (Å²) < 4.78 is 1.41. The van der Waals surface area contributed by atoms with E-state index in [0.717, 1.165) is 19.6 Å². The van der Waals surface area contributed by atoms with Crippen molar-refractivity contribution in [1.29, 1.82) is 0 Å². The second-order valence-corrected chi connectivity index (χ2v) is 6.57. The number of aliphatic carboxylic acids is 1. The number of hydrogen-bond donors (Lipinski definition) is 2. The van der Waals surface area contributed by atoms with Crippen LogP contribution in [0, 0.1) is 0 Å². The van der Waals surface area contributed by atoms with Crippen molar-refractivity contribution < 1.29 is 14.7 Å². The van der Waals surface area contributed by atoms with Gasteiger partial charge in [-0.2, -0.15) is 5.10 Å². The SMILES string of the molecule is O=C(O)CCn1nccc1C(=O)Nc1ccc(CN2CCCCC2)cc1. The lowest BCUT2D eigenvalue weighted by Gasteiger charge is -2.26. The lowest BCUT2D eigenvalue weighted by Crippen LogP contribution is -2.29. The molecule has 0 aliphatic carbocycles. The molecule has 0 saturated carbocycles. The number of amides is 1. The Balaban J connectivity index is 1.57. The van der Waals surface area contributed by atoms with Gasteiger partial charge < -0.3 is 10.4 Å². The van der Waals surface area contributed by atoms with E-state index in [-0.39, 0.29) is 18.9 Å². The molecule has 1 aromatic carbocycles. The first-order valence-electron chi connectivity index (χ1n) is 8.98. The van der Waals surface area contributed by atoms with E-state index in [1.165, 1.54) is 35.7 Å². The molecule has 0 radical (unpaired) electrons. The number of nitrogens with one attached hydrogen (secondary N) is 1. The molecule has 138 valence electrons. The number of carboxylic acids is 1. The molecule has 1 saturated heterocycles. The number of nitrogens with zero attached hydrogens (tertiary/aromatic N) is 3. The third kappa shape index (κ3) is 4.92. The highest BCUT2D eigenvalue weighted by Gasteiger charge is 2.14. The number of rotatable bonds is 7. The summed E-state index contributed by atoms with van der Waals surface area (Å²) in [5.41, 5.74) is 2.29. The maximum atomic E-state index is 12.4. The fourth-order valence-corrected chi connectivity index (χ4v) is 3.17. The van der Waals surface area contributed by atoms with E-state index < -0.39 is 5.97 Å².